The van der Waals surface area contributed by atoms with Gasteiger partial charge in [-0.1, -0.05) is 15.9 Å². The molecule has 0 fully saturated rings. The Bertz CT molecular complexity index is 528. The Morgan fingerprint density at radius 3 is 2.41 bits per heavy atom. The number of anilines is 1. The minimum atomic E-state index is -4.44. The molecule has 0 aliphatic carbocycles. The number of benzene rings is 1. The lowest BCUT2D eigenvalue weighted by Crippen LogP contribution is -2.35. The predicted molar refractivity (Wildman–Crippen MR) is 81.9 cm³/mol. The molecule has 22 heavy (non-hydrogen) atoms. The molecule has 0 aromatic heterocycles. The zero-order chi connectivity index (χ0) is 17.0. The van der Waals surface area contributed by atoms with Crippen LogP contribution in [0.4, 0.5) is 23.7 Å². The van der Waals surface area contributed by atoms with Crippen molar-refractivity contribution in [2.24, 2.45) is 0 Å². The number of carbonyl (C=O) groups excluding carboxylic acids is 1. The van der Waals surface area contributed by atoms with Crippen molar-refractivity contribution in [3.05, 3.63) is 28.2 Å². The SMILES string of the molecule is CC(C)(C)OC(=O)NCCNc1cc(Br)ccc1C(F)(F)F. The molecule has 124 valence electrons. The first-order valence-electron chi connectivity index (χ1n) is 6.56. The second kappa shape index (κ2) is 7.21. The van der Waals surface area contributed by atoms with E-state index in [4.69, 9.17) is 4.74 Å². The van der Waals surface area contributed by atoms with Crippen LogP contribution in [0.5, 0.6) is 0 Å². The summed E-state index contributed by atoms with van der Waals surface area (Å²) in [4.78, 5) is 11.4. The highest BCUT2D eigenvalue weighted by atomic mass is 79.9. The van der Waals surface area contributed by atoms with Crippen LogP contribution in [0.2, 0.25) is 0 Å². The van der Waals surface area contributed by atoms with E-state index in [0.29, 0.717) is 4.47 Å². The molecule has 0 bridgehead atoms. The zero-order valence-electron chi connectivity index (χ0n) is 12.5. The van der Waals surface area contributed by atoms with E-state index in [9.17, 15) is 18.0 Å². The number of nitrogens with one attached hydrogen (secondary N) is 2. The largest absolute Gasteiger partial charge is 0.444 e. The molecule has 0 saturated carbocycles. The van der Waals surface area contributed by atoms with E-state index >= 15 is 0 Å². The fourth-order valence-electron chi connectivity index (χ4n) is 1.59. The van der Waals surface area contributed by atoms with E-state index in [1.165, 1.54) is 12.1 Å². The van der Waals surface area contributed by atoms with Crippen molar-refractivity contribution < 1.29 is 22.7 Å². The Hall–Kier alpha value is -1.44. The van der Waals surface area contributed by atoms with Crippen LogP contribution in [0.1, 0.15) is 26.3 Å². The van der Waals surface area contributed by atoms with Crippen molar-refractivity contribution in [3.8, 4) is 0 Å². The Morgan fingerprint density at radius 2 is 1.86 bits per heavy atom. The van der Waals surface area contributed by atoms with Gasteiger partial charge in [-0.25, -0.2) is 4.79 Å². The summed E-state index contributed by atoms with van der Waals surface area (Å²) in [7, 11) is 0. The molecule has 0 heterocycles. The average Bonchev–Trinajstić information content (AvgIpc) is 2.31. The van der Waals surface area contributed by atoms with E-state index in [2.05, 4.69) is 26.6 Å². The maximum absolute atomic E-state index is 12.9. The van der Waals surface area contributed by atoms with Crippen LogP contribution in [0.15, 0.2) is 22.7 Å². The number of rotatable bonds is 4. The molecule has 0 saturated heterocycles. The summed E-state index contributed by atoms with van der Waals surface area (Å²) in [6.07, 6.45) is -5.05. The van der Waals surface area contributed by atoms with Crippen molar-refractivity contribution in [1.82, 2.24) is 5.32 Å². The number of amides is 1. The zero-order valence-corrected chi connectivity index (χ0v) is 14.1. The standard InChI is InChI=1S/C14H18BrF3N2O2/c1-13(2,3)22-12(21)20-7-6-19-11-8-9(15)4-5-10(11)14(16,17)18/h4-5,8,19H,6-7H2,1-3H3,(H,20,21). The minimum Gasteiger partial charge on any atom is -0.444 e. The van der Waals surface area contributed by atoms with E-state index in [1.54, 1.807) is 20.8 Å². The molecule has 2 N–H and O–H groups in total. The quantitative estimate of drug-likeness (QED) is 0.758. The molecule has 0 radical (unpaired) electrons. The van der Waals surface area contributed by atoms with Crippen molar-refractivity contribution in [2.75, 3.05) is 18.4 Å². The van der Waals surface area contributed by atoms with Crippen LogP contribution in [0.3, 0.4) is 0 Å². The number of alkyl halides is 3. The number of carbonyl (C=O) groups is 1. The monoisotopic (exact) mass is 382 g/mol. The van der Waals surface area contributed by atoms with Crippen LogP contribution in [-0.2, 0) is 10.9 Å². The normalized spacial score (nSPS) is 12.0. The molecule has 0 aliphatic rings. The average molecular weight is 383 g/mol. The van der Waals surface area contributed by atoms with Crippen LogP contribution in [0.25, 0.3) is 0 Å². The van der Waals surface area contributed by atoms with Crippen LogP contribution in [-0.4, -0.2) is 24.8 Å². The van der Waals surface area contributed by atoms with Crippen LogP contribution < -0.4 is 10.6 Å². The molecule has 0 unspecified atom stereocenters. The molecule has 4 nitrogen and oxygen atoms in total. The summed E-state index contributed by atoms with van der Waals surface area (Å²) >= 11 is 3.13. The Balaban J connectivity index is 2.55. The second-order valence-corrected chi connectivity index (χ2v) is 6.46. The van der Waals surface area contributed by atoms with Crippen molar-refractivity contribution in [3.63, 3.8) is 0 Å². The van der Waals surface area contributed by atoms with Gasteiger partial charge in [0, 0.05) is 23.2 Å². The molecular formula is C14H18BrF3N2O2. The van der Waals surface area contributed by atoms with Crippen molar-refractivity contribution in [2.45, 2.75) is 32.5 Å². The van der Waals surface area contributed by atoms with Gasteiger partial charge in [-0.05, 0) is 39.0 Å². The molecule has 0 atom stereocenters. The first-order valence-corrected chi connectivity index (χ1v) is 7.36. The third kappa shape index (κ3) is 6.55. The third-order valence-electron chi connectivity index (χ3n) is 2.40. The molecule has 1 aromatic carbocycles. The fraction of sp³-hybridized carbons (Fsp3) is 0.500. The lowest BCUT2D eigenvalue weighted by Gasteiger charge is -2.20. The van der Waals surface area contributed by atoms with E-state index in [0.717, 1.165) is 6.07 Å². The molecule has 1 amide bonds. The lowest BCUT2D eigenvalue weighted by molar-refractivity contribution is -0.137. The maximum atomic E-state index is 12.9. The number of hydrogen-bond acceptors (Lipinski definition) is 3. The summed E-state index contributed by atoms with van der Waals surface area (Å²) in [5.41, 5.74) is -1.42. The number of halogens is 4. The molecule has 1 rings (SSSR count). The van der Waals surface area contributed by atoms with Gasteiger partial charge in [0.2, 0.25) is 0 Å². The molecule has 8 heteroatoms. The van der Waals surface area contributed by atoms with Gasteiger partial charge in [0.05, 0.1) is 5.56 Å². The smallest absolute Gasteiger partial charge is 0.418 e. The molecular weight excluding hydrogens is 365 g/mol. The minimum absolute atomic E-state index is 0.0483. The summed E-state index contributed by atoms with van der Waals surface area (Å²) in [6, 6.07) is 3.66. The Labute approximate surface area is 135 Å². The van der Waals surface area contributed by atoms with E-state index < -0.39 is 23.4 Å². The molecule has 0 aliphatic heterocycles. The highest BCUT2D eigenvalue weighted by Gasteiger charge is 2.33. The van der Waals surface area contributed by atoms with Crippen molar-refractivity contribution >= 4 is 27.7 Å². The summed E-state index contributed by atoms with van der Waals surface area (Å²) in [6.45, 7) is 5.45. The van der Waals surface area contributed by atoms with Gasteiger partial charge >= 0.3 is 12.3 Å². The Morgan fingerprint density at radius 1 is 1.23 bits per heavy atom. The highest BCUT2D eigenvalue weighted by Crippen LogP contribution is 2.36. The van der Waals surface area contributed by atoms with Gasteiger partial charge in [0.1, 0.15) is 5.60 Å². The highest BCUT2D eigenvalue weighted by molar-refractivity contribution is 9.10. The fourth-order valence-corrected chi connectivity index (χ4v) is 1.95. The first kappa shape index (κ1) is 18.6. The number of hydrogen-bond donors (Lipinski definition) is 2. The summed E-state index contributed by atoms with van der Waals surface area (Å²) < 4.78 is 44.1. The maximum Gasteiger partial charge on any atom is 0.418 e. The molecule has 0 spiro atoms. The number of ether oxygens (including phenoxy) is 1. The van der Waals surface area contributed by atoms with Gasteiger partial charge in [-0.2, -0.15) is 13.2 Å². The van der Waals surface area contributed by atoms with Gasteiger partial charge in [-0.3, -0.25) is 0 Å². The van der Waals surface area contributed by atoms with E-state index in [-0.39, 0.29) is 18.8 Å². The lowest BCUT2D eigenvalue weighted by atomic mass is 10.1. The van der Waals surface area contributed by atoms with Crippen LogP contribution in [0, 0.1) is 0 Å². The first-order chi connectivity index (χ1) is 9.99. The van der Waals surface area contributed by atoms with E-state index in [1.807, 2.05) is 0 Å². The van der Waals surface area contributed by atoms with Gasteiger partial charge < -0.3 is 15.4 Å². The third-order valence-corrected chi connectivity index (χ3v) is 2.89. The number of alkyl carbamates (subject to hydrolysis) is 1. The summed E-state index contributed by atoms with van der Waals surface area (Å²) in [5, 5.41) is 5.12. The predicted octanol–water partition coefficient (Wildman–Crippen LogP) is 4.40. The van der Waals surface area contributed by atoms with Crippen LogP contribution >= 0.6 is 15.9 Å². The summed E-state index contributed by atoms with van der Waals surface area (Å²) in [5.74, 6) is 0. The Kier molecular flexibility index (Phi) is 6.10. The van der Waals surface area contributed by atoms with Crippen molar-refractivity contribution in [1.29, 1.82) is 0 Å². The second-order valence-electron chi connectivity index (χ2n) is 5.54. The van der Waals surface area contributed by atoms with Gasteiger partial charge in [0.15, 0.2) is 0 Å². The topological polar surface area (TPSA) is 50.4 Å². The van der Waals surface area contributed by atoms with Gasteiger partial charge in [0.25, 0.3) is 0 Å². The molecule has 1 aromatic rings. The van der Waals surface area contributed by atoms with Gasteiger partial charge in [-0.15, -0.1) is 0 Å².